The van der Waals surface area contributed by atoms with E-state index in [-0.39, 0.29) is 0 Å². The summed E-state index contributed by atoms with van der Waals surface area (Å²) in [4.78, 5) is 21.9. The molecule has 0 saturated carbocycles. The third-order valence-corrected chi connectivity index (χ3v) is 6.41. The van der Waals surface area contributed by atoms with E-state index in [0.717, 1.165) is 36.2 Å². The number of rotatable bonds is 2. The van der Waals surface area contributed by atoms with E-state index < -0.39 is 0 Å². The minimum absolute atomic E-state index is 0.334. The van der Waals surface area contributed by atoms with Crippen LogP contribution in [0.25, 0.3) is 11.0 Å². The molecule has 0 spiro atoms. The van der Waals surface area contributed by atoms with Gasteiger partial charge in [0.1, 0.15) is 17.1 Å². The zero-order valence-corrected chi connectivity index (χ0v) is 17.1. The Morgan fingerprint density at radius 3 is 3.04 bits per heavy atom. The Labute approximate surface area is 169 Å². The Hall–Kier alpha value is -2.18. The second-order valence-electron chi connectivity index (χ2n) is 8.17. The van der Waals surface area contributed by atoms with Crippen LogP contribution in [0.4, 0.5) is 5.69 Å². The topological polar surface area (TPSA) is 60.9 Å². The Bertz CT molecular complexity index is 1020. The number of aromatic amines is 1. The molecule has 5 heterocycles. The average molecular weight is 397 g/mol. The molecule has 1 saturated heterocycles. The quantitative estimate of drug-likeness (QED) is 0.668. The molecule has 1 N–H and O–H groups in total. The summed E-state index contributed by atoms with van der Waals surface area (Å²) in [6, 6.07) is 4.40. The molecule has 0 aromatic carbocycles. The van der Waals surface area contributed by atoms with Gasteiger partial charge in [0.2, 0.25) is 0 Å². The summed E-state index contributed by atoms with van der Waals surface area (Å²) in [6.07, 6.45) is 7.03. The monoisotopic (exact) mass is 396 g/mol. The fourth-order valence-electron chi connectivity index (χ4n) is 4.82. The molecule has 28 heavy (non-hydrogen) atoms. The fourth-order valence-corrected chi connectivity index (χ4v) is 5.01. The lowest BCUT2D eigenvalue weighted by molar-refractivity contribution is 0.247. The third-order valence-electron chi connectivity index (χ3n) is 6.21. The molecular formula is C21H25ClN6. The number of pyridine rings is 1. The number of H-pyrrole nitrogens is 1. The van der Waals surface area contributed by atoms with Gasteiger partial charge in [-0.1, -0.05) is 11.6 Å². The van der Waals surface area contributed by atoms with Gasteiger partial charge in [0, 0.05) is 48.6 Å². The third kappa shape index (κ3) is 3.05. The average Bonchev–Trinajstić information content (AvgIpc) is 3.14. The molecule has 0 radical (unpaired) electrons. The molecule has 5 rings (SSSR count). The van der Waals surface area contributed by atoms with Crippen molar-refractivity contribution in [2.45, 2.75) is 44.7 Å². The molecule has 0 amide bonds. The summed E-state index contributed by atoms with van der Waals surface area (Å²) in [5, 5.41) is 1.62. The summed E-state index contributed by atoms with van der Waals surface area (Å²) in [7, 11) is 2.20. The van der Waals surface area contributed by atoms with Crippen LogP contribution in [0, 0.1) is 0 Å². The number of nitrogens with one attached hydrogen (secondary N) is 1. The van der Waals surface area contributed by atoms with E-state index in [1.807, 2.05) is 12.3 Å². The van der Waals surface area contributed by atoms with E-state index in [1.165, 1.54) is 36.3 Å². The molecule has 2 aliphatic heterocycles. The number of hydrogen-bond donors (Lipinski definition) is 1. The van der Waals surface area contributed by atoms with E-state index >= 15 is 0 Å². The molecule has 2 aliphatic rings. The van der Waals surface area contributed by atoms with Gasteiger partial charge in [-0.15, -0.1) is 0 Å². The van der Waals surface area contributed by atoms with E-state index in [0.29, 0.717) is 17.1 Å². The number of aromatic nitrogens is 4. The number of anilines is 1. The first kappa shape index (κ1) is 17.9. The van der Waals surface area contributed by atoms with Crippen LogP contribution in [0.3, 0.4) is 0 Å². The maximum Gasteiger partial charge on any atom is 0.141 e. The number of piperidine rings is 1. The molecule has 0 bridgehead atoms. The van der Waals surface area contributed by atoms with Gasteiger partial charge in [-0.2, -0.15) is 0 Å². The van der Waals surface area contributed by atoms with E-state index in [4.69, 9.17) is 16.6 Å². The standard InChI is InChI=1S/C21H25ClN6/c1-13-8-17-16(20(25-12-24-17)14-4-3-7-27(2)10-14)11-28(13)18-9-19(22)26-21-15(18)5-6-23-21/h5-6,9,12-14H,3-4,7-8,10-11H2,1-2H3,(H,23,26)/t13-,14?/m1/s1. The Morgan fingerprint density at radius 1 is 1.29 bits per heavy atom. The van der Waals surface area contributed by atoms with Gasteiger partial charge in [0.25, 0.3) is 0 Å². The number of likely N-dealkylation sites (N-methyl/N-ethyl adjacent to an activating group) is 1. The van der Waals surface area contributed by atoms with E-state index in [2.05, 4.69) is 44.8 Å². The lowest BCUT2D eigenvalue weighted by Gasteiger charge is -2.38. The highest BCUT2D eigenvalue weighted by Gasteiger charge is 2.31. The molecule has 1 fully saturated rings. The van der Waals surface area contributed by atoms with Crippen molar-refractivity contribution in [2.24, 2.45) is 0 Å². The van der Waals surface area contributed by atoms with Crippen molar-refractivity contribution < 1.29 is 0 Å². The van der Waals surface area contributed by atoms with Gasteiger partial charge in [-0.05, 0) is 45.5 Å². The van der Waals surface area contributed by atoms with Gasteiger partial charge < -0.3 is 14.8 Å². The second kappa shape index (κ2) is 7.01. The summed E-state index contributed by atoms with van der Waals surface area (Å²) in [5.41, 5.74) is 5.70. The maximum atomic E-state index is 6.33. The summed E-state index contributed by atoms with van der Waals surface area (Å²) in [6.45, 7) is 5.31. The number of fused-ring (bicyclic) bond motifs is 2. The van der Waals surface area contributed by atoms with Gasteiger partial charge in [-0.3, -0.25) is 0 Å². The zero-order chi connectivity index (χ0) is 19.3. The zero-order valence-electron chi connectivity index (χ0n) is 16.3. The molecule has 3 aromatic heterocycles. The highest BCUT2D eigenvalue weighted by atomic mass is 35.5. The van der Waals surface area contributed by atoms with Crippen LogP contribution < -0.4 is 4.90 Å². The van der Waals surface area contributed by atoms with Crippen molar-refractivity contribution in [3.63, 3.8) is 0 Å². The minimum Gasteiger partial charge on any atom is -0.363 e. The maximum absolute atomic E-state index is 6.33. The van der Waals surface area contributed by atoms with Crippen LogP contribution in [0.15, 0.2) is 24.7 Å². The van der Waals surface area contributed by atoms with Crippen molar-refractivity contribution in [3.8, 4) is 0 Å². The second-order valence-corrected chi connectivity index (χ2v) is 8.56. The number of nitrogens with zero attached hydrogens (tertiary/aromatic N) is 5. The highest BCUT2D eigenvalue weighted by Crippen LogP contribution is 2.37. The largest absolute Gasteiger partial charge is 0.363 e. The molecule has 3 aromatic rings. The lowest BCUT2D eigenvalue weighted by Crippen LogP contribution is -2.40. The van der Waals surface area contributed by atoms with Crippen LogP contribution in [-0.2, 0) is 13.0 Å². The van der Waals surface area contributed by atoms with Crippen molar-refractivity contribution in [1.29, 1.82) is 0 Å². The van der Waals surface area contributed by atoms with Gasteiger partial charge >= 0.3 is 0 Å². The fraction of sp³-hybridized carbons (Fsp3) is 0.476. The smallest absolute Gasteiger partial charge is 0.141 e. The van der Waals surface area contributed by atoms with E-state index in [9.17, 15) is 0 Å². The normalized spacial score (nSPS) is 23.2. The van der Waals surface area contributed by atoms with Crippen LogP contribution in [0.1, 0.15) is 42.6 Å². The Balaban J connectivity index is 1.56. The number of hydrogen-bond acceptors (Lipinski definition) is 5. The first-order valence-corrected chi connectivity index (χ1v) is 10.4. The molecule has 2 atom stereocenters. The van der Waals surface area contributed by atoms with Gasteiger partial charge in [0.05, 0.1) is 17.1 Å². The highest BCUT2D eigenvalue weighted by molar-refractivity contribution is 6.30. The van der Waals surface area contributed by atoms with Crippen LogP contribution in [0.2, 0.25) is 5.15 Å². The summed E-state index contributed by atoms with van der Waals surface area (Å²) in [5.74, 6) is 0.485. The van der Waals surface area contributed by atoms with Crippen LogP contribution in [-0.4, -0.2) is 51.0 Å². The predicted octanol–water partition coefficient (Wildman–Crippen LogP) is 3.77. The Morgan fingerprint density at radius 2 is 2.18 bits per heavy atom. The van der Waals surface area contributed by atoms with Gasteiger partial charge in [-0.25, -0.2) is 15.0 Å². The van der Waals surface area contributed by atoms with Crippen molar-refractivity contribution in [1.82, 2.24) is 24.8 Å². The van der Waals surface area contributed by atoms with Crippen LogP contribution in [0.5, 0.6) is 0 Å². The summed E-state index contributed by atoms with van der Waals surface area (Å²) >= 11 is 6.33. The van der Waals surface area contributed by atoms with Gasteiger partial charge in [0.15, 0.2) is 0 Å². The Kier molecular flexibility index (Phi) is 4.48. The van der Waals surface area contributed by atoms with Crippen molar-refractivity contribution >= 4 is 28.3 Å². The molecule has 146 valence electrons. The first-order chi connectivity index (χ1) is 13.6. The molecular weight excluding hydrogens is 372 g/mol. The molecule has 6 nitrogen and oxygen atoms in total. The SMILES string of the molecule is C[C@@H]1Cc2ncnc(C3CCCN(C)C3)c2CN1c1cc(Cl)nc2[nH]ccc12. The number of halogens is 1. The summed E-state index contributed by atoms with van der Waals surface area (Å²) < 4.78 is 0. The molecule has 0 aliphatic carbocycles. The van der Waals surface area contributed by atoms with E-state index in [1.54, 1.807) is 6.33 Å². The predicted molar refractivity (Wildman–Crippen MR) is 112 cm³/mol. The van der Waals surface area contributed by atoms with Crippen LogP contribution >= 0.6 is 11.6 Å². The van der Waals surface area contributed by atoms with Crippen molar-refractivity contribution in [2.75, 3.05) is 25.0 Å². The lowest BCUT2D eigenvalue weighted by atomic mass is 9.88. The number of likely N-dealkylation sites (tertiary alicyclic amines) is 1. The molecule has 7 heteroatoms. The molecule has 1 unspecified atom stereocenters. The minimum atomic E-state index is 0.334. The van der Waals surface area contributed by atoms with Crippen molar-refractivity contribution in [3.05, 3.63) is 46.8 Å². The first-order valence-electron chi connectivity index (χ1n) is 10.0.